The van der Waals surface area contributed by atoms with Crippen LogP contribution in [0.1, 0.15) is 6.92 Å². The Morgan fingerprint density at radius 1 is 1.00 bits per heavy atom. The highest BCUT2D eigenvalue weighted by Crippen LogP contribution is 2.47. The van der Waals surface area contributed by atoms with Gasteiger partial charge in [-0.05, 0) is 31.2 Å². The molecule has 0 heterocycles. The summed E-state index contributed by atoms with van der Waals surface area (Å²) in [4.78, 5) is 11.4. The van der Waals surface area contributed by atoms with E-state index in [2.05, 4.69) is 9.47 Å². The summed E-state index contributed by atoms with van der Waals surface area (Å²) in [5.41, 5.74) is -5.20. The number of benzene rings is 1. The molecule has 1 aromatic rings. The third kappa shape index (κ3) is 3.25. The van der Waals surface area contributed by atoms with Crippen LogP contribution in [0.4, 0.5) is 30.7 Å². The second-order valence-corrected chi connectivity index (χ2v) is 3.95. The van der Waals surface area contributed by atoms with Crippen molar-refractivity contribution < 1.29 is 45.0 Å². The maximum absolute atomic E-state index is 13.0. The van der Waals surface area contributed by atoms with Gasteiger partial charge in [0.1, 0.15) is 11.6 Å². The topological polar surface area (TPSA) is 35.5 Å². The number of alkyl halides is 6. The summed E-state index contributed by atoms with van der Waals surface area (Å²) in [6.45, 7) is 0.312. The van der Waals surface area contributed by atoms with E-state index in [1.165, 1.54) is 0 Å². The van der Waals surface area contributed by atoms with Gasteiger partial charge in [0.2, 0.25) is 0 Å². The van der Waals surface area contributed by atoms with Crippen LogP contribution in [0.2, 0.25) is 0 Å². The van der Waals surface area contributed by atoms with Gasteiger partial charge in [-0.25, -0.2) is 9.18 Å². The van der Waals surface area contributed by atoms with E-state index in [1.807, 2.05) is 0 Å². The molecule has 0 aromatic heterocycles. The molecule has 3 nitrogen and oxygen atoms in total. The molecule has 1 rings (SSSR count). The van der Waals surface area contributed by atoms with E-state index < -0.39 is 42.1 Å². The van der Waals surface area contributed by atoms with Gasteiger partial charge in [0, 0.05) is 0 Å². The van der Waals surface area contributed by atoms with Gasteiger partial charge in [0.25, 0.3) is 0 Å². The van der Waals surface area contributed by atoms with Gasteiger partial charge in [0.05, 0.1) is 6.61 Å². The number of ether oxygens (including phenoxy) is 2. The summed E-state index contributed by atoms with van der Waals surface area (Å²) in [6, 6.07) is 2.22. The molecule has 0 atom stereocenters. The lowest BCUT2D eigenvalue weighted by Gasteiger charge is -2.34. The highest BCUT2D eigenvalue weighted by molar-refractivity contribution is 5.82. The van der Waals surface area contributed by atoms with Crippen LogP contribution in [-0.2, 0) is 9.53 Å². The van der Waals surface area contributed by atoms with Crippen LogP contribution in [0.5, 0.6) is 5.75 Å². The fourth-order valence-electron chi connectivity index (χ4n) is 1.46. The van der Waals surface area contributed by atoms with Gasteiger partial charge in [-0.2, -0.15) is 26.3 Å². The molecule has 124 valence electrons. The lowest BCUT2D eigenvalue weighted by atomic mass is 10.0. The Morgan fingerprint density at radius 3 is 1.82 bits per heavy atom. The summed E-state index contributed by atoms with van der Waals surface area (Å²) in [7, 11) is 0. The van der Waals surface area contributed by atoms with E-state index in [4.69, 9.17) is 0 Å². The molecule has 1 aromatic carbocycles. The molecule has 0 radical (unpaired) electrons. The molecule has 0 unspecified atom stereocenters. The van der Waals surface area contributed by atoms with Crippen LogP contribution in [0.25, 0.3) is 0 Å². The number of carbonyl (C=O) groups is 1. The quantitative estimate of drug-likeness (QED) is 0.623. The molecule has 0 spiro atoms. The molecule has 10 heteroatoms. The van der Waals surface area contributed by atoms with Crippen LogP contribution >= 0.6 is 0 Å². The molecule has 0 aliphatic rings. The predicted octanol–water partition coefficient (Wildman–Crippen LogP) is 3.63. The maximum atomic E-state index is 13.0. The van der Waals surface area contributed by atoms with Crippen LogP contribution in [0.15, 0.2) is 24.3 Å². The Hall–Kier alpha value is -2.00. The van der Waals surface area contributed by atoms with E-state index in [0.717, 1.165) is 6.92 Å². The maximum Gasteiger partial charge on any atom is 0.449 e. The van der Waals surface area contributed by atoms with Crippen LogP contribution in [-0.4, -0.2) is 30.5 Å². The van der Waals surface area contributed by atoms with Crippen LogP contribution in [0, 0.1) is 5.82 Å². The van der Waals surface area contributed by atoms with Crippen molar-refractivity contribution in [3.63, 3.8) is 0 Å². The molecule has 0 aliphatic carbocycles. The molecule has 0 bridgehead atoms. The van der Waals surface area contributed by atoms with Gasteiger partial charge < -0.3 is 9.47 Å². The first-order valence-electron chi connectivity index (χ1n) is 5.71. The monoisotopic (exact) mass is 334 g/mol. The molecule has 0 saturated carbocycles. The van der Waals surface area contributed by atoms with Crippen molar-refractivity contribution >= 4 is 5.97 Å². The molecule has 0 aliphatic heterocycles. The highest BCUT2D eigenvalue weighted by atomic mass is 19.4. The molecule has 0 N–H and O–H groups in total. The first kappa shape index (κ1) is 18.1. The van der Waals surface area contributed by atoms with Gasteiger partial charge >= 0.3 is 23.9 Å². The van der Waals surface area contributed by atoms with Crippen molar-refractivity contribution in [3.8, 4) is 5.75 Å². The minimum atomic E-state index is -6.15. The Labute approximate surface area is 119 Å². The largest absolute Gasteiger partial charge is 0.462 e. The zero-order valence-corrected chi connectivity index (χ0v) is 10.9. The Kier molecular flexibility index (Phi) is 4.93. The van der Waals surface area contributed by atoms with Crippen molar-refractivity contribution in [1.29, 1.82) is 0 Å². The van der Waals surface area contributed by atoms with Crippen LogP contribution < -0.4 is 4.74 Å². The highest BCUT2D eigenvalue weighted by Gasteiger charge is 2.80. The van der Waals surface area contributed by atoms with Crippen molar-refractivity contribution in [2.45, 2.75) is 24.9 Å². The number of rotatable bonds is 4. The van der Waals surface area contributed by atoms with Crippen LogP contribution in [0.3, 0.4) is 0 Å². The number of esters is 1. The number of carbonyl (C=O) groups excluding carboxylic acids is 1. The van der Waals surface area contributed by atoms with Crippen molar-refractivity contribution in [2.24, 2.45) is 0 Å². The number of hydrogen-bond donors (Lipinski definition) is 0. The second kappa shape index (κ2) is 6.01. The molecular weight excluding hydrogens is 325 g/mol. The third-order valence-electron chi connectivity index (χ3n) is 2.45. The molecular formula is C12H9F7O3. The van der Waals surface area contributed by atoms with E-state index in [-0.39, 0.29) is 0 Å². The smallest absolute Gasteiger partial charge is 0.449 e. The van der Waals surface area contributed by atoms with Gasteiger partial charge in [-0.15, -0.1) is 0 Å². The van der Waals surface area contributed by atoms with E-state index >= 15 is 0 Å². The van der Waals surface area contributed by atoms with Gasteiger partial charge in [0.15, 0.2) is 0 Å². The summed E-state index contributed by atoms with van der Waals surface area (Å²) in [5.74, 6) is -4.56. The lowest BCUT2D eigenvalue weighted by molar-refractivity contribution is -0.347. The average molecular weight is 334 g/mol. The Bertz CT molecular complexity index is 505. The fourth-order valence-corrected chi connectivity index (χ4v) is 1.46. The first-order chi connectivity index (χ1) is 9.95. The van der Waals surface area contributed by atoms with Crippen molar-refractivity contribution in [2.75, 3.05) is 6.61 Å². The summed E-state index contributed by atoms with van der Waals surface area (Å²) in [5, 5.41) is 0. The number of halogens is 7. The third-order valence-corrected chi connectivity index (χ3v) is 2.45. The minimum absolute atomic E-state index is 0.529. The minimum Gasteiger partial charge on any atom is -0.462 e. The Balaban J connectivity index is 3.42. The predicted molar refractivity (Wildman–Crippen MR) is 58.5 cm³/mol. The van der Waals surface area contributed by atoms with E-state index in [9.17, 15) is 35.5 Å². The summed E-state index contributed by atoms with van der Waals surface area (Å²) in [6.07, 6.45) is -12.3. The average Bonchev–Trinajstić information content (AvgIpc) is 2.35. The van der Waals surface area contributed by atoms with Crippen molar-refractivity contribution in [3.05, 3.63) is 30.1 Å². The van der Waals surface area contributed by atoms with Gasteiger partial charge in [-0.1, -0.05) is 0 Å². The van der Waals surface area contributed by atoms with Gasteiger partial charge in [-0.3, -0.25) is 0 Å². The molecule has 0 amide bonds. The number of hydrogen-bond acceptors (Lipinski definition) is 3. The summed E-state index contributed by atoms with van der Waals surface area (Å²) >= 11 is 0. The first-order valence-corrected chi connectivity index (χ1v) is 5.71. The Morgan fingerprint density at radius 2 is 1.45 bits per heavy atom. The molecule has 0 fully saturated rings. The van der Waals surface area contributed by atoms with E-state index in [0.29, 0.717) is 24.3 Å². The standard InChI is InChI=1S/C12H9F7O3/c1-2-21-9(20)10(11(14,15)16,12(17,18)19)22-8-5-3-7(13)4-6-8/h3-6H,2H2,1H3. The summed E-state index contributed by atoms with van der Waals surface area (Å²) < 4.78 is 98.4. The second-order valence-electron chi connectivity index (χ2n) is 3.95. The zero-order valence-electron chi connectivity index (χ0n) is 10.9. The van der Waals surface area contributed by atoms with E-state index in [1.54, 1.807) is 0 Å². The lowest BCUT2D eigenvalue weighted by Crippen LogP contribution is -2.66. The zero-order chi connectivity index (χ0) is 17.2. The fraction of sp³-hybridized carbons (Fsp3) is 0.417. The molecule has 22 heavy (non-hydrogen) atoms. The molecule has 0 saturated heterocycles. The van der Waals surface area contributed by atoms with Crippen molar-refractivity contribution in [1.82, 2.24) is 0 Å². The normalized spacial score (nSPS) is 12.9. The SMILES string of the molecule is CCOC(=O)C(Oc1ccc(F)cc1)(C(F)(F)F)C(F)(F)F.